The van der Waals surface area contributed by atoms with E-state index in [1.165, 1.54) is 12.8 Å². The summed E-state index contributed by atoms with van der Waals surface area (Å²) in [5, 5.41) is 2.92. The van der Waals surface area contributed by atoms with Gasteiger partial charge in [-0.1, -0.05) is 12.8 Å². The fourth-order valence-electron chi connectivity index (χ4n) is 1.10. The molecule has 13 heavy (non-hydrogen) atoms. The van der Waals surface area contributed by atoms with E-state index < -0.39 is 5.41 Å². The van der Waals surface area contributed by atoms with Gasteiger partial charge >= 0.3 is 0 Å². The summed E-state index contributed by atoms with van der Waals surface area (Å²) in [5.74, 6) is 1.32. The van der Waals surface area contributed by atoms with Gasteiger partial charge in [0.2, 0.25) is 5.91 Å². The highest BCUT2D eigenvalue weighted by Gasteiger charge is 2.27. The first-order valence-corrected chi connectivity index (χ1v) is 5.44. The molecule has 1 saturated carbocycles. The van der Waals surface area contributed by atoms with E-state index in [1.54, 1.807) is 0 Å². The first kappa shape index (κ1) is 10.8. The highest BCUT2D eigenvalue weighted by Crippen LogP contribution is 2.31. The van der Waals surface area contributed by atoms with Crippen LogP contribution in [0.4, 0.5) is 0 Å². The Balaban J connectivity index is 2.15. The molecule has 1 aliphatic rings. The van der Waals surface area contributed by atoms with Crippen molar-refractivity contribution in [3.05, 3.63) is 0 Å². The Labute approximate surface area is 85.0 Å². The lowest BCUT2D eigenvalue weighted by Crippen LogP contribution is -2.38. The third kappa shape index (κ3) is 3.55. The van der Waals surface area contributed by atoms with Gasteiger partial charge < -0.3 is 5.32 Å². The van der Waals surface area contributed by atoms with E-state index in [0.29, 0.717) is 5.88 Å². The Morgan fingerprint density at radius 1 is 1.54 bits per heavy atom. The molecule has 3 heteroatoms. The van der Waals surface area contributed by atoms with Crippen molar-refractivity contribution in [3.63, 3.8) is 0 Å². The molecule has 0 saturated heterocycles. The maximum atomic E-state index is 11.5. The Bertz CT molecular complexity index is 187. The lowest BCUT2D eigenvalue weighted by atomic mass is 9.95. The number of amides is 1. The predicted octanol–water partition coefficient (Wildman–Crippen LogP) is 2.17. The Morgan fingerprint density at radius 3 is 2.62 bits per heavy atom. The van der Waals surface area contributed by atoms with Crippen molar-refractivity contribution in [2.45, 2.75) is 33.1 Å². The summed E-state index contributed by atoms with van der Waals surface area (Å²) in [7, 11) is 0. The van der Waals surface area contributed by atoms with Crippen LogP contribution in [0.3, 0.4) is 0 Å². The molecule has 0 aliphatic heterocycles. The highest BCUT2D eigenvalue weighted by atomic mass is 35.5. The summed E-state index contributed by atoms with van der Waals surface area (Å²) >= 11 is 5.68. The molecule has 1 fully saturated rings. The molecule has 0 aromatic heterocycles. The number of alkyl halides is 1. The van der Waals surface area contributed by atoms with E-state index in [0.717, 1.165) is 18.9 Å². The van der Waals surface area contributed by atoms with Gasteiger partial charge in [-0.25, -0.2) is 0 Å². The predicted molar refractivity (Wildman–Crippen MR) is 54.9 cm³/mol. The van der Waals surface area contributed by atoms with Crippen molar-refractivity contribution in [1.82, 2.24) is 5.32 Å². The zero-order chi connectivity index (χ0) is 9.90. The average Bonchev–Trinajstić information content (AvgIpc) is 2.88. The van der Waals surface area contributed by atoms with Gasteiger partial charge in [-0.15, -0.1) is 11.6 Å². The van der Waals surface area contributed by atoms with Crippen LogP contribution in [0.15, 0.2) is 0 Å². The molecule has 0 atom stereocenters. The number of carbonyl (C=O) groups is 1. The average molecular weight is 204 g/mol. The normalized spacial score (nSPS) is 17.2. The van der Waals surface area contributed by atoms with Crippen molar-refractivity contribution in [2.24, 2.45) is 11.3 Å². The van der Waals surface area contributed by atoms with Gasteiger partial charge in [-0.05, 0) is 26.2 Å². The minimum Gasteiger partial charge on any atom is -0.356 e. The fraction of sp³-hybridized carbons (Fsp3) is 0.900. The number of carbonyl (C=O) groups excluding carboxylic acids is 1. The van der Waals surface area contributed by atoms with Gasteiger partial charge in [0, 0.05) is 12.4 Å². The minimum atomic E-state index is -0.425. The molecule has 76 valence electrons. The van der Waals surface area contributed by atoms with Crippen molar-refractivity contribution in [2.75, 3.05) is 12.4 Å². The minimum absolute atomic E-state index is 0.0724. The van der Waals surface area contributed by atoms with Crippen molar-refractivity contribution in [3.8, 4) is 0 Å². The lowest BCUT2D eigenvalue weighted by Gasteiger charge is -2.20. The molecule has 0 bridgehead atoms. The molecule has 0 aromatic rings. The second-order valence-electron chi connectivity index (χ2n) is 4.51. The molecule has 1 aliphatic carbocycles. The first-order chi connectivity index (χ1) is 6.06. The van der Waals surface area contributed by atoms with E-state index in [1.807, 2.05) is 13.8 Å². The molecule has 0 spiro atoms. The molecule has 2 nitrogen and oxygen atoms in total. The summed E-state index contributed by atoms with van der Waals surface area (Å²) in [6.45, 7) is 4.54. The van der Waals surface area contributed by atoms with Crippen molar-refractivity contribution in [1.29, 1.82) is 0 Å². The van der Waals surface area contributed by atoms with Gasteiger partial charge in [-0.2, -0.15) is 0 Å². The van der Waals surface area contributed by atoms with Crippen LogP contribution in [0.2, 0.25) is 0 Å². The Morgan fingerprint density at radius 2 is 2.15 bits per heavy atom. The molecule has 0 heterocycles. The van der Waals surface area contributed by atoms with Crippen LogP contribution in [0.1, 0.15) is 33.1 Å². The van der Waals surface area contributed by atoms with Crippen LogP contribution in [0.25, 0.3) is 0 Å². The molecule has 1 amide bonds. The Kier molecular flexibility index (Phi) is 3.60. The van der Waals surface area contributed by atoms with Gasteiger partial charge in [0.1, 0.15) is 0 Å². The molecule has 1 rings (SSSR count). The first-order valence-electron chi connectivity index (χ1n) is 4.90. The van der Waals surface area contributed by atoms with Crippen molar-refractivity contribution >= 4 is 17.5 Å². The van der Waals surface area contributed by atoms with E-state index in [4.69, 9.17) is 11.6 Å². The monoisotopic (exact) mass is 203 g/mol. The fourth-order valence-corrected chi connectivity index (χ4v) is 1.22. The number of hydrogen-bond acceptors (Lipinski definition) is 1. The van der Waals surface area contributed by atoms with E-state index in [9.17, 15) is 4.79 Å². The number of hydrogen-bond donors (Lipinski definition) is 1. The van der Waals surface area contributed by atoms with Crippen LogP contribution in [0.5, 0.6) is 0 Å². The summed E-state index contributed by atoms with van der Waals surface area (Å²) < 4.78 is 0. The summed E-state index contributed by atoms with van der Waals surface area (Å²) in [5.41, 5.74) is -0.425. The van der Waals surface area contributed by atoms with Gasteiger partial charge in [0.25, 0.3) is 0 Å². The zero-order valence-electron chi connectivity index (χ0n) is 8.40. The van der Waals surface area contributed by atoms with E-state index >= 15 is 0 Å². The Hall–Kier alpha value is -0.240. The highest BCUT2D eigenvalue weighted by molar-refractivity contribution is 6.19. The molecule has 0 aromatic carbocycles. The summed E-state index contributed by atoms with van der Waals surface area (Å²) in [6.07, 6.45) is 3.81. The van der Waals surface area contributed by atoms with Crippen molar-refractivity contribution < 1.29 is 4.79 Å². The SMILES string of the molecule is CC(C)(CCl)C(=O)NCCC1CC1. The molecular formula is C10H18ClNO. The number of rotatable bonds is 5. The standard InChI is InChI=1S/C10H18ClNO/c1-10(2,7-11)9(13)12-6-5-8-3-4-8/h8H,3-7H2,1-2H3,(H,12,13). The zero-order valence-corrected chi connectivity index (χ0v) is 9.16. The van der Waals surface area contributed by atoms with Crippen LogP contribution in [-0.4, -0.2) is 18.3 Å². The third-order valence-corrected chi connectivity index (χ3v) is 3.15. The molecule has 1 N–H and O–H groups in total. The molecular weight excluding hydrogens is 186 g/mol. The van der Waals surface area contributed by atoms with E-state index in [2.05, 4.69) is 5.32 Å². The quantitative estimate of drug-likeness (QED) is 0.682. The van der Waals surface area contributed by atoms with Gasteiger partial charge in [0.05, 0.1) is 5.41 Å². The second-order valence-corrected chi connectivity index (χ2v) is 4.77. The third-order valence-electron chi connectivity index (χ3n) is 2.48. The molecule has 0 unspecified atom stereocenters. The number of nitrogens with one attached hydrogen (secondary N) is 1. The van der Waals surface area contributed by atoms with Crippen LogP contribution >= 0.6 is 11.6 Å². The van der Waals surface area contributed by atoms with Gasteiger partial charge in [0.15, 0.2) is 0 Å². The smallest absolute Gasteiger partial charge is 0.226 e. The summed E-state index contributed by atoms with van der Waals surface area (Å²) in [6, 6.07) is 0. The largest absolute Gasteiger partial charge is 0.356 e. The van der Waals surface area contributed by atoms with Gasteiger partial charge in [-0.3, -0.25) is 4.79 Å². The van der Waals surface area contributed by atoms with Crippen LogP contribution in [-0.2, 0) is 4.79 Å². The maximum absolute atomic E-state index is 11.5. The summed E-state index contributed by atoms with van der Waals surface area (Å²) in [4.78, 5) is 11.5. The lowest BCUT2D eigenvalue weighted by molar-refractivity contribution is -0.128. The van der Waals surface area contributed by atoms with E-state index in [-0.39, 0.29) is 5.91 Å². The number of halogens is 1. The van der Waals surface area contributed by atoms with Crippen LogP contribution < -0.4 is 5.32 Å². The molecule has 0 radical (unpaired) electrons. The maximum Gasteiger partial charge on any atom is 0.226 e. The topological polar surface area (TPSA) is 29.1 Å². The second kappa shape index (κ2) is 4.32. The van der Waals surface area contributed by atoms with Crippen LogP contribution in [0, 0.1) is 11.3 Å².